The number of aliphatic hydroxyl groups excluding tert-OH is 2. The van der Waals surface area contributed by atoms with E-state index >= 15 is 0 Å². The number of furan rings is 1. The first-order chi connectivity index (χ1) is 8.70. The second-order valence-electron chi connectivity index (χ2n) is 4.36. The molecule has 4 heteroatoms. The Balaban J connectivity index is 2.37. The molecule has 3 nitrogen and oxygen atoms in total. The predicted octanol–water partition coefficient (Wildman–Crippen LogP) is 2.51. The maximum absolute atomic E-state index is 9.70. The lowest BCUT2D eigenvalue weighted by Gasteiger charge is -2.29. The average Bonchev–Trinajstić information content (AvgIpc) is 2.89. The molecule has 0 atom stereocenters. The number of aliphatic hydroxyl groups is 2. The third-order valence-electron chi connectivity index (χ3n) is 3.14. The second-order valence-corrected chi connectivity index (χ2v) is 5.28. The summed E-state index contributed by atoms with van der Waals surface area (Å²) in [6.07, 6.45) is 2.05. The Kier molecular flexibility index (Phi) is 4.22. The maximum Gasteiger partial charge on any atom is 0.104 e. The number of halogens is 1. The lowest BCUT2D eigenvalue weighted by Crippen LogP contribution is -2.37. The third kappa shape index (κ3) is 2.66. The number of hydrogen-bond donors (Lipinski definition) is 2. The molecule has 1 aromatic heterocycles. The van der Waals surface area contributed by atoms with Crippen LogP contribution >= 0.6 is 15.9 Å². The van der Waals surface area contributed by atoms with E-state index in [1.165, 1.54) is 0 Å². The van der Waals surface area contributed by atoms with Crippen LogP contribution in [0.25, 0.3) is 0 Å². The lowest BCUT2D eigenvalue weighted by atomic mass is 9.78. The Morgan fingerprint density at radius 1 is 1.11 bits per heavy atom. The van der Waals surface area contributed by atoms with Crippen LogP contribution in [0, 0.1) is 0 Å². The molecule has 0 saturated heterocycles. The van der Waals surface area contributed by atoms with Gasteiger partial charge >= 0.3 is 0 Å². The van der Waals surface area contributed by atoms with Gasteiger partial charge in [0.2, 0.25) is 0 Å². The molecule has 0 amide bonds. The minimum Gasteiger partial charge on any atom is -0.469 e. The van der Waals surface area contributed by atoms with Gasteiger partial charge in [0, 0.05) is 16.3 Å². The Morgan fingerprint density at radius 3 is 2.44 bits per heavy atom. The maximum atomic E-state index is 9.70. The fourth-order valence-electron chi connectivity index (χ4n) is 2.01. The highest BCUT2D eigenvalue weighted by molar-refractivity contribution is 9.10. The summed E-state index contributed by atoms with van der Waals surface area (Å²) in [5, 5.41) is 19.4. The van der Waals surface area contributed by atoms with E-state index in [1.807, 2.05) is 30.3 Å². The summed E-state index contributed by atoms with van der Waals surface area (Å²) in [5.41, 5.74) is 0.167. The van der Waals surface area contributed by atoms with Crippen LogP contribution in [0.2, 0.25) is 0 Å². The van der Waals surface area contributed by atoms with Crippen molar-refractivity contribution < 1.29 is 14.6 Å². The first kappa shape index (κ1) is 13.3. The van der Waals surface area contributed by atoms with Gasteiger partial charge in [-0.2, -0.15) is 0 Å². The molecule has 0 unspecified atom stereocenters. The van der Waals surface area contributed by atoms with E-state index in [4.69, 9.17) is 4.42 Å². The summed E-state index contributed by atoms with van der Waals surface area (Å²) in [6.45, 7) is -0.276. The first-order valence-electron chi connectivity index (χ1n) is 5.70. The van der Waals surface area contributed by atoms with Crippen LogP contribution in [0.15, 0.2) is 51.6 Å². The summed E-state index contributed by atoms with van der Waals surface area (Å²) in [6, 6.07) is 11.3. The molecule has 1 aromatic carbocycles. The molecule has 2 aromatic rings. The van der Waals surface area contributed by atoms with Crippen LogP contribution in [-0.2, 0) is 11.8 Å². The van der Waals surface area contributed by atoms with Crippen LogP contribution in [0.1, 0.15) is 11.3 Å². The molecular weight excluding hydrogens is 296 g/mol. The van der Waals surface area contributed by atoms with Crippen molar-refractivity contribution in [1.29, 1.82) is 0 Å². The van der Waals surface area contributed by atoms with E-state index in [2.05, 4.69) is 15.9 Å². The van der Waals surface area contributed by atoms with Crippen molar-refractivity contribution in [2.45, 2.75) is 11.8 Å². The van der Waals surface area contributed by atoms with Crippen molar-refractivity contribution in [3.8, 4) is 0 Å². The van der Waals surface area contributed by atoms with Crippen LogP contribution in [0.5, 0.6) is 0 Å². The van der Waals surface area contributed by atoms with E-state index in [1.54, 1.807) is 12.3 Å². The molecule has 0 fully saturated rings. The van der Waals surface area contributed by atoms with Crippen molar-refractivity contribution in [3.05, 3.63) is 58.5 Å². The standard InChI is InChI=1S/C14H15BrO3/c15-12-4-1-3-11(7-12)14(9-16,10-17)8-13-5-2-6-18-13/h1-7,16-17H,8-10H2. The van der Waals surface area contributed by atoms with Crippen molar-refractivity contribution in [1.82, 2.24) is 0 Å². The lowest BCUT2D eigenvalue weighted by molar-refractivity contribution is 0.112. The Hall–Kier alpha value is -1.10. The molecule has 18 heavy (non-hydrogen) atoms. The smallest absolute Gasteiger partial charge is 0.104 e. The fourth-order valence-corrected chi connectivity index (χ4v) is 2.41. The summed E-state index contributed by atoms with van der Waals surface area (Å²) >= 11 is 3.40. The largest absolute Gasteiger partial charge is 0.469 e. The van der Waals surface area contributed by atoms with Gasteiger partial charge in [0.1, 0.15) is 5.76 Å². The molecule has 0 spiro atoms. The summed E-state index contributed by atoms with van der Waals surface area (Å²) in [7, 11) is 0. The van der Waals surface area contributed by atoms with Gasteiger partial charge in [-0.1, -0.05) is 28.1 Å². The SMILES string of the molecule is OCC(CO)(Cc1ccco1)c1cccc(Br)c1. The molecule has 0 aliphatic rings. The minimum atomic E-state index is -0.721. The number of benzene rings is 1. The molecule has 0 aliphatic heterocycles. The molecule has 0 aliphatic carbocycles. The van der Waals surface area contributed by atoms with Gasteiger partial charge in [-0.15, -0.1) is 0 Å². The molecule has 0 saturated carbocycles. The molecule has 96 valence electrons. The summed E-state index contributed by atoms with van der Waals surface area (Å²) < 4.78 is 6.23. The van der Waals surface area contributed by atoms with Gasteiger partial charge in [0.15, 0.2) is 0 Å². The first-order valence-corrected chi connectivity index (χ1v) is 6.50. The summed E-state index contributed by atoms with van der Waals surface area (Å²) in [5.74, 6) is 0.748. The molecule has 2 rings (SSSR count). The van der Waals surface area contributed by atoms with Gasteiger partial charge in [0.05, 0.1) is 19.5 Å². The third-order valence-corrected chi connectivity index (χ3v) is 3.63. The van der Waals surface area contributed by atoms with E-state index in [0.29, 0.717) is 6.42 Å². The zero-order valence-electron chi connectivity index (χ0n) is 9.84. The topological polar surface area (TPSA) is 53.6 Å². The zero-order valence-corrected chi connectivity index (χ0v) is 11.4. The second kappa shape index (κ2) is 5.69. The fraction of sp³-hybridized carbons (Fsp3) is 0.286. The highest BCUT2D eigenvalue weighted by Gasteiger charge is 2.32. The van der Waals surface area contributed by atoms with Crippen LogP contribution in [-0.4, -0.2) is 23.4 Å². The summed E-state index contributed by atoms with van der Waals surface area (Å²) in [4.78, 5) is 0. The van der Waals surface area contributed by atoms with Crippen LogP contribution in [0.4, 0.5) is 0 Å². The molecule has 2 N–H and O–H groups in total. The highest BCUT2D eigenvalue weighted by atomic mass is 79.9. The van der Waals surface area contributed by atoms with Gasteiger partial charge in [0.25, 0.3) is 0 Å². The number of hydrogen-bond acceptors (Lipinski definition) is 3. The Labute approximate surface area is 114 Å². The monoisotopic (exact) mass is 310 g/mol. The van der Waals surface area contributed by atoms with Crippen molar-refractivity contribution in [2.24, 2.45) is 0 Å². The number of rotatable bonds is 5. The van der Waals surface area contributed by atoms with E-state index in [9.17, 15) is 10.2 Å². The van der Waals surface area contributed by atoms with Crippen molar-refractivity contribution in [2.75, 3.05) is 13.2 Å². The van der Waals surface area contributed by atoms with Crippen LogP contribution < -0.4 is 0 Å². The van der Waals surface area contributed by atoms with Gasteiger partial charge in [-0.25, -0.2) is 0 Å². The van der Waals surface area contributed by atoms with E-state index < -0.39 is 5.41 Å². The quantitative estimate of drug-likeness (QED) is 0.892. The molecule has 0 radical (unpaired) electrons. The zero-order chi connectivity index (χ0) is 13.0. The molecule has 1 heterocycles. The average molecular weight is 311 g/mol. The molecule has 0 bridgehead atoms. The minimum absolute atomic E-state index is 0.138. The van der Waals surface area contributed by atoms with Gasteiger partial charge in [-0.3, -0.25) is 0 Å². The van der Waals surface area contributed by atoms with Crippen LogP contribution in [0.3, 0.4) is 0 Å². The highest BCUT2D eigenvalue weighted by Crippen LogP contribution is 2.30. The van der Waals surface area contributed by atoms with E-state index in [-0.39, 0.29) is 13.2 Å². The van der Waals surface area contributed by atoms with Gasteiger partial charge < -0.3 is 14.6 Å². The van der Waals surface area contributed by atoms with Crippen molar-refractivity contribution >= 4 is 15.9 Å². The Bertz CT molecular complexity index is 490. The normalized spacial score (nSPS) is 11.7. The molecular formula is C14H15BrO3. The Morgan fingerprint density at radius 2 is 1.89 bits per heavy atom. The van der Waals surface area contributed by atoms with E-state index in [0.717, 1.165) is 15.8 Å². The van der Waals surface area contributed by atoms with Crippen molar-refractivity contribution in [3.63, 3.8) is 0 Å². The predicted molar refractivity (Wildman–Crippen MR) is 72.4 cm³/mol. The van der Waals surface area contributed by atoms with Gasteiger partial charge in [-0.05, 0) is 29.8 Å².